The fourth-order valence-corrected chi connectivity index (χ4v) is 4.00. The molecular weight excluding hydrogens is 442 g/mol. The van der Waals surface area contributed by atoms with E-state index in [0.29, 0.717) is 19.3 Å². The van der Waals surface area contributed by atoms with Gasteiger partial charge in [-0.15, -0.1) is 0 Å². The van der Waals surface area contributed by atoms with E-state index in [9.17, 15) is 28.3 Å². The number of unbranched alkanes of at least 4 members (excludes halogenated alkanes) is 1. The maximum atomic E-state index is 14.0. The second kappa shape index (κ2) is 13.3. The Kier molecular flexibility index (Phi) is 10.8. The highest BCUT2D eigenvalue weighted by Gasteiger charge is 2.41. The Balaban J connectivity index is 1.77. The topological polar surface area (TPSA) is 80.7 Å². The van der Waals surface area contributed by atoms with Crippen molar-refractivity contribution < 1.29 is 33.0 Å². The van der Waals surface area contributed by atoms with Gasteiger partial charge in [0.2, 0.25) is 5.78 Å². The minimum Gasteiger partial charge on any atom is -0.461 e. The van der Waals surface area contributed by atoms with Gasteiger partial charge >= 0.3 is 11.9 Å². The smallest absolute Gasteiger partial charge is 0.309 e. The number of rotatable bonds is 13. The van der Waals surface area contributed by atoms with Crippen LogP contribution in [0.2, 0.25) is 0 Å². The number of hydrogen-bond acceptors (Lipinski definition) is 5. The molecule has 0 bridgehead atoms. The van der Waals surface area contributed by atoms with Crippen LogP contribution in [0.25, 0.3) is 0 Å². The summed E-state index contributed by atoms with van der Waals surface area (Å²) < 4.78 is 33.1. The highest BCUT2D eigenvalue weighted by atomic mass is 19.3. The van der Waals surface area contributed by atoms with Gasteiger partial charge in [-0.25, -0.2) is 0 Å². The molecule has 0 radical (unpaired) electrons. The number of carbonyl (C=O) groups is 3. The van der Waals surface area contributed by atoms with Gasteiger partial charge in [0.05, 0.1) is 6.10 Å². The number of benzene rings is 1. The summed E-state index contributed by atoms with van der Waals surface area (Å²) >= 11 is 0. The lowest BCUT2D eigenvalue weighted by Crippen LogP contribution is -2.29. The molecule has 1 fully saturated rings. The summed E-state index contributed by atoms with van der Waals surface area (Å²) in [6.45, 7) is 3.46. The average molecular weight is 477 g/mol. The van der Waals surface area contributed by atoms with Gasteiger partial charge in [-0.3, -0.25) is 14.4 Å². The number of ketones is 2. The number of allylic oxidation sites excluding steroid dienone is 3. The van der Waals surface area contributed by atoms with E-state index >= 15 is 0 Å². The molecule has 1 aromatic rings. The summed E-state index contributed by atoms with van der Waals surface area (Å²) in [7, 11) is 0. The maximum absolute atomic E-state index is 14.0. The number of aliphatic hydroxyl groups is 1. The zero-order valence-corrected chi connectivity index (χ0v) is 19.8. The van der Waals surface area contributed by atoms with Crippen LogP contribution in [0, 0.1) is 17.8 Å². The molecule has 0 heterocycles. The number of carbonyl (C=O) groups excluding carboxylic acids is 3. The molecule has 2 rings (SSSR count). The Bertz CT molecular complexity index is 876. The molecule has 0 aliphatic heterocycles. The highest BCUT2D eigenvalue weighted by molar-refractivity contribution is 5.96. The quantitative estimate of drug-likeness (QED) is 0.183. The number of esters is 1. The van der Waals surface area contributed by atoms with Crippen LogP contribution < -0.4 is 0 Å². The molecule has 34 heavy (non-hydrogen) atoms. The van der Waals surface area contributed by atoms with Crippen molar-refractivity contribution in [3.8, 4) is 0 Å². The molecular formula is C27H34F2O5. The van der Waals surface area contributed by atoms with E-state index in [-0.39, 0.29) is 37.1 Å². The van der Waals surface area contributed by atoms with E-state index in [1.54, 1.807) is 19.9 Å². The van der Waals surface area contributed by atoms with E-state index < -0.39 is 36.1 Å². The number of Topliss-reactive ketones (excluding diaryl/α,β-unsaturated/α-hetero) is 1. The van der Waals surface area contributed by atoms with E-state index in [2.05, 4.69) is 0 Å². The largest absolute Gasteiger partial charge is 0.461 e. The van der Waals surface area contributed by atoms with E-state index in [1.807, 2.05) is 36.4 Å². The third-order valence-electron chi connectivity index (χ3n) is 5.78. The molecule has 1 aliphatic carbocycles. The normalized spacial score (nSPS) is 21.1. The van der Waals surface area contributed by atoms with Crippen molar-refractivity contribution in [3.63, 3.8) is 0 Å². The molecule has 1 saturated carbocycles. The van der Waals surface area contributed by atoms with Gasteiger partial charge in [0.25, 0.3) is 0 Å². The first kappa shape index (κ1) is 27.6. The minimum atomic E-state index is -3.46. The molecule has 1 N–H and O–H groups in total. The Labute approximate surface area is 199 Å². The van der Waals surface area contributed by atoms with Crippen molar-refractivity contribution in [1.82, 2.24) is 0 Å². The van der Waals surface area contributed by atoms with Crippen molar-refractivity contribution in [2.24, 2.45) is 17.8 Å². The molecule has 1 aromatic carbocycles. The second-order valence-corrected chi connectivity index (χ2v) is 9.19. The monoisotopic (exact) mass is 476 g/mol. The van der Waals surface area contributed by atoms with Gasteiger partial charge in [0, 0.05) is 31.1 Å². The van der Waals surface area contributed by atoms with E-state index in [0.717, 1.165) is 11.6 Å². The van der Waals surface area contributed by atoms with Gasteiger partial charge < -0.3 is 9.84 Å². The first-order valence-corrected chi connectivity index (χ1v) is 11.8. The van der Waals surface area contributed by atoms with Gasteiger partial charge in [-0.05, 0) is 36.8 Å². The summed E-state index contributed by atoms with van der Waals surface area (Å²) in [6.07, 6.45) is 5.94. The number of ether oxygens (including phenoxy) is 1. The van der Waals surface area contributed by atoms with Gasteiger partial charge in [-0.1, -0.05) is 62.4 Å². The summed E-state index contributed by atoms with van der Waals surface area (Å²) in [5.41, 5.74) is 0.924. The lowest BCUT2D eigenvalue weighted by molar-refractivity contribution is -0.145. The van der Waals surface area contributed by atoms with Crippen LogP contribution in [0.3, 0.4) is 0 Å². The first-order chi connectivity index (χ1) is 16.1. The molecule has 0 saturated heterocycles. The molecule has 0 aromatic heterocycles. The van der Waals surface area contributed by atoms with Crippen LogP contribution in [0.5, 0.6) is 0 Å². The number of halogens is 2. The van der Waals surface area contributed by atoms with Crippen LogP contribution in [-0.2, 0) is 25.7 Å². The van der Waals surface area contributed by atoms with Crippen molar-refractivity contribution in [2.75, 3.05) is 0 Å². The standard InChI is InChI=1S/C27H34F2O5/c1-19(2)17-27(28,29)25(32)15-14-22-21(23(30)16-24(22)31)12-8-3-4-9-13-26(33)34-18-20-10-6-5-7-11-20/h3,5-8,10-11,14-15,19,21-22,24,31H,4,9,12-13,16-18H2,1-2H3/b8-3-,15-14+/t21-,22-,24-/m1/s1. The SMILES string of the molecule is CC(C)CC(F)(F)C(=O)/C=C/[C@H]1[C@H](O)CC(=O)[C@@H]1C/C=C\CCCC(=O)OCc1ccccc1. The average Bonchev–Trinajstić information content (AvgIpc) is 3.04. The predicted molar refractivity (Wildman–Crippen MR) is 125 cm³/mol. The second-order valence-electron chi connectivity index (χ2n) is 9.19. The van der Waals surface area contributed by atoms with Gasteiger partial charge in [0.15, 0.2) is 0 Å². The number of hydrogen-bond donors (Lipinski definition) is 1. The lowest BCUT2D eigenvalue weighted by atomic mass is 9.90. The highest BCUT2D eigenvalue weighted by Crippen LogP contribution is 2.34. The third-order valence-corrected chi connectivity index (χ3v) is 5.78. The Hall–Kier alpha value is -2.67. The maximum Gasteiger partial charge on any atom is 0.309 e. The van der Waals surface area contributed by atoms with E-state index in [4.69, 9.17) is 4.74 Å². The molecule has 0 amide bonds. The molecule has 1 aliphatic rings. The van der Waals surface area contributed by atoms with Crippen molar-refractivity contribution >= 4 is 17.5 Å². The molecule has 7 heteroatoms. The van der Waals surface area contributed by atoms with Crippen LogP contribution in [0.15, 0.2) is 54.6 Å². The van der Waals surface area contributed by atoms with Crippen LogP contribution in [0.1, 0.15) is 57.9 Å². The van der Waals surface area contributed by atoms with Crippen LogP contribution >= 0.6 is 0 Å². The summed E-state index contributed by atoms with van der Waals surface area (Å²) in [4.78, 5) is 36.0. The van der Waals surface area contributed by atoms with Crippen molar-refractivity contribution in [1.29, 1.82) is 0 Å². The number of aliphatic hydroxyl groups excluding tert-OH is 1. The predicted octanol–water partition coefficient (Wildman–Crippen LogP) is 5.22. The summed E-state index contributed by atoms with van der Waals surface area (Å²) in [5, 5.41) is 10.2. The minimum absolute atomic E-state index is 0.0582. The fourth-order valence-electron chi connectivity index (χ4n) is 4.00. The third kappa shape index (κ3) is 8.93. The Morgan fingerprint density at radius 2 is 1.91 bits per heavy atom. The van der Waals surface area contributed by atoms with Crippen molar-refractivity contribution in [3.05, 3.63) is 60.2 Å². The summed E-state index contributed by atoms with van der Waals surface area (Å²) in [6, 6.07) is 9.41. The first-order valence-electron chi connectivity index (χ1n) is 11.8. The zero-order chi connectivity index (χ0) is 25.1. The number of alkyl halides is 2. The molecule has 3 atom stereocenters. The van der Waals surface area contributed by atoms with Crippen LogP contribution in [-0.4, -0.2) is 34.7 Å². The molecule has 5 nitrogen and oxygen atoms in total. The Morgan fingerprint density at radius 1 is 1.21 bits per heavy atom. The van der Waals surface area contributed by atoms with Crippen molar-refractivity contribution in [2.45, 2.75) is 71.0 Å². The lowest BCUT2D eigenvalue weighted by Gasteiger charge is -2.18. The van der Waals surface area contributed by atoms with Gasteiger partial charge in [-0.2, -0.15) is 8.78 Å². The Morgan fingerprint density at radius 3 is 2.59 bits per heavy atom. The van der Waals surface area contributed by atoms with Gasteiger partial charge in [0.1, 0.15) is 12.4 Å². The van der Waals surface area contributed by atoms with Crippen LogP contribution in [0.4, 0.5) is 8.78 Å². The molecule has 0 spiro atoms. The molecule has 186 valence electrons. The zero-order valence-electron chi connectivity index (χ0n) is 19.8. The molecule has 0 unspecified atom stereocenters. The summed E-state index contributed by atoms with van der Waals surface area (Å²) in [5.74, 6) is -6.78. The fraction of sp³-hybridized carbons (Fsp3) is 0.519. The van der Waals surface area contributed by atoms with E-state index in [1.165, 1.54) is 6.08 Å².